The monoisotopic (exact) mass is 357 g/mol. The zero-order valence-corrected chi connectivity index (χ0v) is 15.2. The molecular weight excluding hydrogens is 334 g/mol. The normalized spacial score (nSPS) is 16.2. The van der Waals surface area contributed by atoms with Gasteiger partial charge < -0.3 is 10.1 Å². The van der Waals surface area contributed by atoms with Crippen LogP contribution >= 0.6 is 11.3 Å². The van der Waals surface area contributed by atoms with E-state index in [2.05, 4.69) is 5.32 Å². The van der Waals surface area contributed by atoms with Crippen LogP contribution in [0.3, 0.4) is 0 Å². The minimum Gasteiger partial charge on any atom is -0.443 e. The van der Waals surface area contributed by atoms with Gasteiger partial charge in [0, 0.05) is 11.6 Å². The number of nitrogens with one attached hydrogen (secondary N) is 1. The van der Waals surface area contributed by atoms with Gasteiger partial charge in [0.2, 0.25) is 6.10 Å². The molecule has 1 aliphatic carbocycles. The summed E-state index contributed by atoms with van der Waals surface area (Å²) in [6.45, 7) is 1.98. The highest BCUT2D eigenvalue weighted by molar-refractivity contribution is 7.11. The lowest BCUT2D eigenvalue weighted by molar-refractivity contribution is -0.131. The Bertz CT molecular complexity index is 703. The summed E-state index contributed by atoms with van der Waals surface area (Å²) in [5.41, 5.74) is 1.79. The zero-order valence-electron chi connectivity index (χ0n) is 14.4. The Balaban J connectivity index is 1.76. The highest BCUT2D eigenvalue weighted by Gasteiger charge is 2.28. The number of carbonyl (C=O) groups is 2. The lowest BCUT2D eigenvalue weighted by Crippen LogP contribution is -2.40. The average molecular weight is 357 g/mol. The van der Waals surface area contributed by atoms with E-state index in [1.165, 1.54) is 17.8 Å². The number of carbonyl (C=O) groups excluding carboxylic acids is 2. The van der Waals surface area contributed by atoms with Gasteiger partial charge in [-0.3, -0.25) is 4.79 Å². The first-order valence-corrected chi connectivity index (χ1v) is 9.63. The van der Waals surface area contributed by atoms with Crippen molar-refractivity contribution in [3.05, 3.63) is 57.8 Å². The van der Waals surface area contributed by atoms with E-state index in [-0.39, 0.29) is 11.9 Å². The molecule has 5 heteroatoms. The summed E-state index contributed by atoms with van der Waals surface area (Å²) in [6, 6.07) is 11.2. The van der Waals surface area contributed by atoms with Crippen LogP contribution in [0, 0.1) is 6.92 Å². The Kier molecular flexibility index (Phi) is 5.87. The van der Waals surface area contributed by atoms with Crippen LogP contribution in [0.25, 0.3) is 0 Å². The molecule has 1 saturated carbocycles. The minimum absolute atomic E-state index is 0.176. The van der Waals surface area contributed by atoms with Crippen molar-refractivity contribution in [2.75, 3.05) is 0 Å². The molecule has 0 radical (unpaired) electrons. The number of ether oxygens (including phenoxy) is 1. The summed E-state index contributed by atoms with van der Waals surface area (Å²) >= 11 is 1.31. The molecule has 1 aromatic carbocycles. The topological polar surface area (TPSA) is 55.4 Å². The van der Waals surface area contributed by atoms with Gasteiger partial charge >= 0.3 is 5.97 Å². The first kappa shape index (κ1) is 17.7. The van der Waals surface area contributed by atoms with E-state index in [0.717, 1.165) is 31.2 Å². The highest BCUT2D eigenvalue weighted by Crippen LogP contribution is 2.24. The molecule has 25 heavy (non-hydrogen) atoms. The summed E-state index contributed by atoms with van der Waals surface area (Å²) in [5.74, 6) is -0.694. The Labute approximate surface area is 152 Å². The van der Waals surface area contributed by atoms with Gasteiger partial charge in [-0.15, -0.1) is 11.3 Å². The summed E-state index contributed by atoms with van der Waals surface area (Å²) in [4.78, 5) is 25.7. The molecule has 1 aliphatic rings. The van der Waals surface area contributed by atoms with Gasteiger partial charge in [0.05, 0.1) is 0 Å². The fourth-order valence-corrected chi connectivity index (χ4v) is 3.70. The van der Waals surface area contributed by atoms with Gasteiger partial charge in [-0.1, -0.05) is 55.2 Å². The molecular formula is C20H23NO3S. The Morgan fingerprint density at radius 1 is 1.12 bits per heavy atom. The van der Waals surface area contributed by atoms with Crippen LogP contribution in [0.1, 0.15) is 59.0 Å². The maximum absolute atomic E-state index is 12.8. The molecule has 1 atom stereocenters. The number of amides is 1. The van der Waals surface area contributed by atoms with Crippen LogP contribution in [0.4, 0.5) is 0 Å². The highest BCUT2D eigenvalue weighted by atomic mass is 32.1. The van der Waals surface area contributed by atoms with Crippen LogP contribution in [0.5, 0.6) is 0 Å². The fourth-order valence-electron chi connectivity index (χ4n) is 3.10. The first-order chi connectivity index (χ1) is 12.1. The molecule has 0 bridgehead atoms. The summed E-state index contributed by atoms with van der Waals surface area (Å²) in [6.07, 6.45) is 4.55. The van der Waals surface area contributed by atoms with E-state index in [4.69, 9.17) is 4.74 Å². The summed E-state index contributed by atoms with van der Waals surface area (Å²) in [7, 11) is 0. The largest absolute Gasteiger partial charge is 0.443 e. The van der Waals surface area contributed by atoms with Crippen LogP contribution in [-0.4, -0.2) is 17.9 Å². The number of benzene rings is 1. The molecule has 3 rings (SSSR count). The smallest absolute Gasteiger partial charge is 0.349 e. The van der Waals surface area contributed by atoms with E-state index in [1.807, 2.05) is 36.6 Å². The third-order valence-electron chi connectivity index (χ3n) is 4.52. The molecule has 1 amide bonds. The second kappa shape index (κ2) is 8.30. The molecule has 0 saturated heterocycles. The maximum atomic E-state index is 12.8. The number of esters is 1. The van der Waals surface area contributed by atoms with Crippen molar-refractivity contribution in [1.82, 2.24) is 5.32 Å². The van der Waals surface area contributed by atoms with E-state index in [1.54, 1.807) is 12.1 Å². The summed E-state index contributed by atoms with van der Waals surface area (Å²) in [5, 5.41) is 4.89. The third kappa shape index (κ3) is 4.69. The molecule has 1 unspecified atom stereocenters. The molecule has 0 aliphatic heterocycles. The molecule has 0 spiro atoms. The number of aryl methyl sites for hydroxylation is 1. The quantitative estimate of drug-likeness (QED) is 0.807. The standard InChI is InChI=1S/C20H23NO3S/c1-14-9-11-15(12-10-14)18(24-20(23)17-8-5-13-25-17)19(22)21-16-6-3-2-4-7-16/h5,8-13,16,18H,2-4,6-7H2,1H3,(H,21,22). The SMILES string of the molecule is Cc1ccc(C(OC(=O)c2cccs2)C(=O)NC2CCCCC2)cc1. The van der Waals surface area contributed by atoms with Crippen LogP contribution in [-0.2, 0) is 9.53 Å². The van der Waals surface area contributed by atoms with Gasteiger partial charge in [0.25, 0.3) is 5.91 Å². The van der Waals surface area contributed by atoms with Crippen LogP contribution in [0.15, 0.2) is 41.8 Å². The Morgan fingerprint density at radius 2 is 1.84 bits per heavy atom. The predicted octanol–water partition coefficient (Wildman–Crippen LogP) is 4.40. The van der Waals surface area contributed by atoms with Gasteiger partial charge in [0.1, 0.15) is 4.88 Å². The van der Waals surface area contributed by atoms with Crippen molar-refractivity contribution in [3.63, 3.8) is 0 Å². The van der Waals surface area contributed by atoms with Crippen molar-refractivity contribution in [1.29, 1.82) is 0 Å². The molecule has 2 aromatic rings. The van der Waals surface area contributed by atoms with Crippen molar-refractivity contribution in [2.24, 2.45) is 0 Å². The minimum atomic E-state index is -0.919. The molecule has 132 valence electrons. The third-order valence-corrected chi connectivity index (χ3v) is 5.37. The number of hydrogen-bond donors (Lipinski definition) is 1. The molecule has 4 nitrogen and oxygen atoms in total. The van der Waals surface area contributed by atoms with E-state index in [9.17, 15) is 9.59 Å². The zero-order chi connectivity index (χ0) is 17.6. The van der Waals surface area contributed by atoms with Gasteiger partial charge in [-0.05, 0) is 31.2 Å². The van der Waals surface area contributed by atoms with Crippen LogP contribution in [0.2, 0.25) is 0 Å². The van der Waals surface area contributed by atoms with Crippen molar-refractivity contribution < 1.29 is 14.3 Å². The first-order valence-electron chi connectivity index (χ1n) is 8.75. The lowest BCUT2D eigenvalue weighted by atomic mass is 9.95. The van der Waals surface area contributed by atoms with Gasteiger partial charge in [-0.25, -0.2) is 4.79 Å². The summed E-state index contributed by atoms with van der Waals surface area (Å²) < 4.78 is 5.58. The van der Waals surface area contributed by atoms with E-state index in [0.29, 0.717) is 10.4 Å². The number of rotatable bonds is 5. The molecule has 1 N–H and O–H groups in total. The van der Waals surface area contributed by atoms with E-state index >= 15 is 0 Å². The number of hydrogen-bond acceptors (Lipinski definition) is 4. The second-order valence-electron chi connectivity index (χ2n) is 6.52. The van der Waals surface area contributed by atoms with Crippen molar-refractivity contribution >= 4 is 23.2 Å². The maximum Gasteiger partial charge on any atom is 0.349 e. The Morgan fingerprint density at radius 3 is 2.48 bits per heavy atom. The molecule has 1 aromatic heterocycles. The Hall–Kier alpha value is -2.14. The second-order valence-corrected chi connectivity index (χ2v) is 7.46. The van der Waals surface area contributed by atoms with Crippen LogP contribution < -0.4 is 5.32 Å². The van der Waals surface area contributed by atoms with Gasteiger partial charge in [0.15, 0.2) is 0 Å². The van der Waals surface area contributed by atoms with E-state index < -0.39 is 12.1 Å². The predicted molar refractivity (Wildman–Crippen MR) is 98.7 cm³/mol. The van der Waals surface area contributed by atoms with Crippen molar-refractivity contribution in [3.8, 4) is 0 Å². The lowest BCUT2D eigenvalue weighted by Gasteiger charge is -2.25. The average Bonchev–Trinajstić information content (AvgIpc) is 3.16. The molecule has 1 fully saturated rings. The molecule has 1 heterocycles. The van der Waals surface area contributed by atoms with Gasteiger partial charge in [-0.2, -0.15) is 0 Å². The fraction of sp³-hybridized carbons (Fsp3) is 0.400. The van der Waals surface area contributed by atoms with Crippen molar-refractivity contribution in [2.45, 2.75) is 51.2 Å². The number of thiophene rings is 1.